The lowest BCUT2D eigenvalue weighted by molar-refractivity contribution is -0.119. The van der Waals surface area contributed by atoms with Gasteiger partial charge in [-0.3, -0.25) is 4.79 Å². The van der Waals surface area contributed by atoms with E-state index in [-0.39, 0.29) is 5.78 Å². The minimum Gasteiger partial charge on any atom is -0.384 e. The number of Topliss-reactive ketones (excluding diaryl/α,β-unsaturated/α-hetero) is 1. The first-order valence-electron chi connectivity index (χ1n) is 3.25. The van der Waals surface area contributed by atoms with E-state index in [2.05, 4.69) is 5.92 Å². The Morgan fingerprint density at radius 3 is 2.80 bits per heavy atom. The van der Waals surface area contributed by atoms with Crippen LogP contribution in [0.15, 0.2) is 0 Å². The summed E-state index contributed by atoms with van der Waals surface area (Å²) in [5, 5.41) is 0. The van der Waals surface area contributed by atoms with Gasteiger partial charge in [-0.15, -0.1) is 12.3 Å². The summed E-state index contributed by atoms with van der Waals surface area (Å²) < 4.78 is 4.72. The van der Waals surface area contributed by atoms with Gasteiger partial charge in [0.1, 0.15) is 5.78 Å². The number of rotatable bonds is 5. The Kier molecular flexibility index (Phi) is 5.80. The van der Waals surface area contributed by atoms with E-state index in [0.717, 1.165) is 0 Å². The van der Waals surface area contributed by atoms with Crippen molar-refractivity contribution in [1.82, 2.24) is 0 Å². The Balaban J connectivity index is 3.19. The van der Waals surface area contributed by atoms with Gasteiger partial charge in [0, 0.05) is 26.4 Å². The molecule has 0 aromatic carbocycles. The Morgan fingerprint density at radius 2 is 2.30 bits per heavy atom. The van der Waals surface area contributed by atoms with Crippen LogP contribution < -0.4 is 0 Å². The third-order valence-electron chi connectivity index (χ3n) is 1.13. The lowest BCUT2D eigenvalue weighted by Crippen LogP contribution is -2.01. The van der Waals surface area contributed by atoms with E-state index in [1.807, 2.05) is 0 Å². The van der Waals surface area contributed by atoms with Crippen LogP contribution in [-0.2, 0) is 9.53 Å². The molecule has 0 saturated carbocycles. The summed E-state index contributed by atoms with van der Waals surface area (Å²) in [5.74, 6) is 2.59. The summed E-state index contributed by atoms with van der Waals surface area (Å²) >= 11 is 0. The van der Waals surface area contributed by atoms with Crippen molar-refractivity contribution in [2.45, 2.75) is 19.3 Å². The van der Waals surface area contributed by atoms with Gasteiger partial charge in [-0.2, -0.15) is 0 Å². The molecule has 56 valence electrons. The predicted molar refractivity (Wildman–Crippen MR) is 39.6 cm³/mol. The van der Waals surface area contributed by atoms with Gasteiger partial charge in [0.05, 0.1) is 6.61 Å². The number of ether oxygens (including phenoxy) is 1. The third kappa shape index (κ3) is 5.33. The number of ketones is 1. The molecule has 0 atom stereocenters. The molecule has 0 aliphatic carbocycles. The summed E-state index contributed by atoms with van der Waals surface area (Å²) in [6.45, 7) is 0.503. The topological polar surface area (TPSA) is 26.3 Å². The molecule has 0 heterocycles. The quantitative estimate of drug-likeness (QED) is 0.533. The molecule has 0 unspecified atom stereocenters. The van der Waals surface area contributed by atoms with Crippen LogP contribution >= 0.6 is 0 Å². The predicted octanol–water partition coefficient (Wildman–Crippen LogP) is 1.01. The number of methoxy groups -OCH3 is 1. The van der Waals surface area contributed by atoms with Gasteiger partial charge in [-0.1, -0.05) is 0 Å². The average Bonchev–Trinajstić information content (AvgIpc) is 1.97. The first kappa shape index (κ1) is 9.19. The van der Waals surface area contributed by atoms with Crippen LogP contribution in [0.4, 0.5) is 0 Å². The van der Waals surface area contributed by atoms with Crippen LogP contribution in [0.25, 0.3) is 0 Å². The second kappa shape index (κ2) is 6.31. The Hall–Kier alpha value is -0.810. The lowest BCUT2D eigenvalue weighted by atomic mass is 10.2. The van der Waals surface area contributed by atoms with Gasteiger partial charge in [0.2, 0.25) is 0 Å². The highest BCUT2D eigenvalue weighted by Crippen LogP contribution is 1.93. The van der Waals surface area contributed by atoms with Gasteiger partial charge in [-0.25, -0.2) is 0 Å². The SMILES string of the molecule is C#CCCC(=O)CCOC. The van der Waals surface area contributed by atoms with Crippen LogP contribution in [0.3, 0.4) is 0 Å². The van der Waals surface area contributed by atoms with Crippen molar-refractivity contribution in [3.05, 3.63) is 0 Å². The molecule has 0 radical (unpaired) electrons. The molecule has 0 fully saturated rings. The van der Waals surface area contributed by atoms with Crippen LogP contribution in [-0.4, -0.2) is 19.5 Å². The summed E-state index contributed by atoms with van der Waals surface area (Å²) in [4.78, 5) is 10.8. The molecular formula is C8H12O2. The van der Waals surface area contributed by atoms with Crippen molar-refractivity contribution in [3.8, 4) is 12.3 Å². The van der Waals surface area contributed by atoms with Gasteiger partial charge in [0.25, 0.3) is 0 Å². The fraction of sp³-hybridized carbons (Fsp3) is 0.625. The van der Waals surface area contributed by atoms with E-state index in [0.29, 0.717) is 25.9 Å². The van der Waals surface area contributed by atoms with Crippen molar-refractivity contribution in [1.29, 1.82) is 0 Å². The van der Waals surface area contributed by atoms with Gasteiger partial charge in [0.15, 0.2) is 0 Å². The Morgan fingerprint density at radius 1 is 1.60 bits per heavy atom. The normalized spacial score (nSPS) is 8.80. The highest BCUT2D eigenvalue weighted by Gasteiger charge is 1.98. The molecular weight excluding hydrogens is 128 g/mol. The minimum atomic E-state index is 0.180. The van der Waals surface area contributed by atoms with Gasteiger partial charge >= 0.3 is 0 Å². The fourth-order valence-corrected chi connectivity index (χ4v) is 0.552. The largest absolute Gasteiger partial charge is 0.384 e. The second-order valence-corrected chi connectivity index (χ2v) is 1.99. The molecule has 0 N–H and O–H groups in total. The molecule has 0 aliphatic heterocycles. The van der Waals surface area contributed by atoms with Gasteiger partial charge < -0.3 is 4.74 Å². The first-order valence-corrected chi connectivity index (χ1v) is 3.25. The van der Waals surface area contributed by atoms with Crippen molar-refractivity contribution in [2.75, 3.05) is 13.7 Å². The van der Waals surface area contributed by atoms with E-state index in [9.17, 15) is 4.79 Å². The molecule has 0 rings (SSSR count). The smallest absolute Gasteiger partial charge is 0.136 e. The zero-order chi connectivity index (χ0) is 7.82. The third-order valence-corrected chi connectivity index (χ3v) is 1.13. The summed E-state index contributed by atoms with van der Waals surface area (Å²) in [7, 11) is 1.58. The average molecular weight is 140 g/mol. The number of carbonyl (C=O) groups excluding carboxylic acids is 1. The first-order chi connectivity index (χ1) is 4.81. The number of hydrogen-bond acceptors (Lipinski definition) is 2. The van der Waals surface area contributed by atoms with Crippen molar-refractivity contribution in [3.63, 3.8) is 0 Å². The van der Waals surface area contributed by atoms with E-state index in [4.69, 9.17) is 11.2 Å². The zero-order valence-corrected chi connectivity index (χ0v) is 6.22. The molecule has 0 amide bonds. The maximum absolute atomic E-state index is 10.8. The van der Waals surface area contributed by atoms with E-state index in [1.165, 1.54) is 0 Å². The standard InChI is InChI=1S/C8H12O2/c1-3-4-5-8(9)6-7-10-2/h1H,4-7H2,2H3. The fourth-order valence-electron chi connectivity index (χ4n) is 0.552. The summed E-state index contributed by atoms with van der Waals surface area (Å²) in [5.41, 5.74) is 0. The second-order valence-electron chi connectivity index (χ2n) is 1.99. The van der Waals surface area contributed by atoms with Crippen LogP contribution in [0.1, 0.15) is 19.3 Å². The Bertz CT molecular complexity index is 133. The van der Waals surface area contributed by atoms with Crippen LogP contribution in [0.2, 0.25) is 0 Å². The molecule has 0 bridgehead atoms. The van der Waals surface area contributed by atoms with Gasteiger partial charge in [-0.05, 0) is 0 Å². The highest BCUT2D eigenvalue weighted by molar-refractivity contribution is 5.78. The lowest BCUT2D eigenvalue weighted by Gasteiger charge is -1.95. The highest BCUT2D eigenvalue weighted by atomic mass is 16.5. The molecule has 2 heteroatoms. The molecule has 0 aromatic rings. The minimum absolute atomic E-state index is 0.180. The molecule has 0 aliphatic rings. The van der Waals surface area contributed by atoms with E-state index < -0.39 is 0 Å². The van der Waals surface area contributed by atoms with Crippen molar-refractivity contribution in [2.24, 2.45) is 0 Å². The summed E-state index contributed by atoms with van der Waals surface area (Å²) in [6.07, 6.45) is 6.49. The number of terminal acetylenes is 1. The monoisotopic (exact) mass is 140 g/mol. The summed E-state index contributed by atoms with van der Waals surface area (Å²) in [6, 6.07) is 0. The van der Waals surface area contributed by atoms with Crippen molar-refractivity contribution < 1.29 is 9.53 Å². The van der Waals surface area contributed by atoms with Crippen molar-refractivity contribution >= 4 is 5.78 Å². The van der Waals surface area contributed by atoms with E-state index in [1.54, 1.807) is 7.11 Å². The molecule has 10 heavy (non-hydrogen) atoms. The van der Waals surface area contributed by atoms with E-state index >= 15 is 0 Å². The molecule has 0 spiro atoms. The zero-order valence-electron chi connectivity index (χ0n) is 6.22. The molecule has 0 saturated heterocycles. The maximum atomic E-state index is 10.8. The van der Waals surface area contributed by atoms with Crippen LogP contribution in [0.5, 0.6) is 0 Å². The number of carbonyl (C=O) groups is 1. The molecule has 2 nitrogen and oxygen atoms in total. The molecule has 0 aromatic heterocycles. The van der Waals surface area contributed by atoms with Crippen LogP contribution in [0, 0.1) is 12.3 Å². The maximum Gasteiger partial charge on any atom is 0.136 e. The number of hydrogen-bond donors (Lipinski definition) is 0. The Labute approximate surface area is 61.6 Å².